The molecule has 1 heterocycles. The number of cyclic esters (lactones) is 2. The predicted molar refractivity (Wildman–Crippen MR) is 63.1 cm³/mol. The largest absolute Gasteiger partial charge is 0.463 e. The van der Waals surface area contributed by atoms with Crippen molar-refractivity contribution in [1.29, 1.82) is 0 Å². The molecule has 0 spiro atoms. The highest BCUT2D eigenvalue weighted by Gasteiger charge is 2.33. The van der Waals surface area contributed by atoms with E-state index in [9.17, 15) is 9.59 Å². The van der Waals surface area contributed by atoms with Gasteiger partial charge in [0, 0.05) is 27.1 Å². The van der Waals surface area contributed by atoms with E-state index >= 15 is 0 Å². The lowest BCUT2D eigenvalue weighted by Crippen LogP contribution is -2.43. The molecule has 7 heteroatoms. The van der Waals surface area contributed by atoms with Crippen LogP contribution < -0.4 is 0 Å². The number of carbonyl (C=O) groups excluding carboxylic acids is 2. The van der Waals surface area contributed by atoms with Gasteiger partial charge in [-0.1, -0.05) is 0 Å². The zero-order valence-electron chi connectivity index (χ0n) is 11.3. The highest BCUT2D eigenvalue weighted by Crippen LogP contribution is 2.15. The topological polar surface area (TPSA) is 80.3 Å². The van der Waals surface area contributed by atoms with E-state index in [1.807, 2.05) is 0 Å². The van der Waals surface area contributed by atoms with Gasteiger partial charge in [-0.15, -0.1) is 0 Å². The highest BCUT2D eigenvalue weighted by molar-refractivity contribution is 5.70. The summed E-state index contributed by atoms with van der Waals surface area (Å²) >= 11 is 0. The molecule has 7 nitrogen and oxygen atoms in total. The summed E-state index contributed by atoms with van der Waals surface area (Å²) in [5, 5.41) is 0. The Morgan fingerprint density at radius 3 is 2.11 bits per heavy atom. The molecule has 0 aromatic rings. The predicted octanol–water partition coefficient (Wildman–Crippen LogP) is 0.610. The van der Waals surface area contributed by atoms with Crippen molar-refractivity contribution in [2.24, 2.45) is 0 Å². The van der Waals surface area contributed by atoms with Crippen LogP contribution in [0, 0.1) is 0 Å². The molecule has 1 aliphatic rings. The van der Waals surface area contributed by atoms with Crippen molar-refractivity contribution >= 4 is 11.9 Å². The third-order valence-corrected chi connectivity index (χ3v) is 2.71. The Bertz CT molecular complexity index is 298. The summed E-state index contributed by atoms with van der Waals surface area (Å²) in [6, 6.07) is 0. The molecule has 0 radical (unpaired) electrons. The quantitative estimate of drug-likeness (QED) is 0.540. The molecule has 110 valence electrons. The maximum absolute atomic E-state index is 11.5. The first kappa shape index (κ1) is 15.9. The van der Waals surface area contributed by atoms with Crippen molar-refractivity contribution in [1.82, 2.24) is 0 Å². The third kappa shape index (κ3) is 5.54. The molecule has 0 atom stereocenters. The van der Waals surface area contributed by atoms with Crippen LogP contribution in [0.1, 0.15) is 25.7 Å². The molecule has 1 saturated heterocycles. The SMILES string of the molecule is COC1(OC)COC(=O)CCCCC(=O)OCCO1. The van der Waals surface area contributed by atoms with Gasteiger partial charge in [0.15, 0.2) is 6.61 Å². The summed E-state index contributed by atoms with van der Waals surface area (Å²) in [6.07, 6.45) is 1.68. The Morgan fingerprint density at radius 2 is 1.53 bits per heavy atom. The molecule has 0 aromatic heterocycles. The fourth-order valence-corrected chi connectivity index (χ4v) is 1.57. The molecular weight excluding hydrogens is 256 g/mol. The monoisotopic (exact) mass is 276 g/mol. The van der Waals surface area contributed by atoms with Crippen LogP contribution in [0.5, 0.6) is 0 Å². The second kappa shape index (κ2) is 8.08. The number of hydrogen-bond acceptors (Lipinski definition) is 7. The molecule has 19 heavy (non-hydrogen) atoms. The van der Waals surface area contributed by atoms with Crippen LogP contribution in [0.4, 0.5) is 0 Å². The lowest BCUT2D eigenvalue weighted by Gasteiger charge is -2.29. The summed E-state index contributed by atoms with van der Waals surface area (Å²) in [6.45, 7) is 0.0129. The van der Waals surface area contributed by atoms with Crippen molar-refractivity contribution in [3.63, 3.8) is 0 Å². The zero-order valence-corrected chi connectivity index (χ0v) is 11.3. The van der Waals surface area contributed by atoms with Crippen molar-refractivity contribution in [3.8, 4) is 0 Å². The van der Waals surface area contributed by atoms with Gasteiger partial charge in [-0.3, -0.25) is 9.59 Å². The van der Waals surface area contributed by atoms with E-state index < -0.39 is 5.97 Å². The van der Waals surface area contributed by atoms with Gasteiger partial charge in [0.05, 0.1) is 6.61 Å². The Balaban J connectivity index is 2.61. The van der Waals surface area contributed by atoms with Gasteiger partial charge < -0.3 is 23.7 Å². The van der Waals surface area contributed by atoms with Crippen LogP contribution in [0.2, 0.25) is 0 Å². The molecule has 0 aliphatic carbocycles. The maximum Gasteiger partial charge on any atom is 0.319 e. The minimum Gasteiger partial charge on any atom is -0.463 e. The Kier molecular flexibility index (Phi) is 6.75. The molecule has 0 amide bonds. The lowest BCUT2D eigenvalue weighted by molar-refractivity contribution is -0.375. The van der Waals surface area contributed by atoms with Gasteiger partial charge in [0.1, 0.15) is 6.61 Å². The molecule has 1 fully saturated rings. The van der Waals surface area contributed by atoms with Crippen molar-refractivity contribution in [2.75, 3.05) is 34.0 Å². The summed E-state index contributed by atoms with van der Waals surface area (Å²) in [5.74, 6) is -2.15. The number of ether oxygens (including phenoxy) is 5. The van der Waals surface area contributed by atoms with Crippen molar-refractivity contribution < 1.29 is 33.3 Å². The van der Waals surface area contributed by atoms with E-state index in [2.05, 4.69) is 0 Å². The average Bonchev–Trinajstić information content (AvgIpc) is 2.44. The normalized spacial score (nSPS) is 22.4. The maximum atomic E-state index is 11.5. The van der Waals surface area contributed by atoms with Gasteiger partial charge in [-0.2, -0.15) is 0 Å². The van der Waals surface area contributed by atoms with Gasteiger partial charge >= 0.3 is 17.9 Å². The fraction of sp³-hybridized carbons (Fsp3) is 0.833. The molecule has 0 saturated carbocycles. The van der Waals surface area contributed by atoms with Gasteiger partial charge in [0.25, 0.3) is 0 Å². The minimum atomic E-state index is -1.46. The standard InChI is InChI=1S/C12H20O7/c1-15-12(16-2)9-18-11(14)6-4-3-5-10(13)17-7-8-19-12/h3-9H2,1-2H3. The van der Waals surface area contributed by atoms with Gasteiger partial charge in [-0.25, -0.2) is 0 Å². The first-order valence-electron chi connectivity index (χ1n) is 6.17. The van der Waals surface area contributed by atoms with Crippen LogP contribution in [0.15, 0.2) is 0 Å². The molecule has 0 N–H and O–H groups in total. The van der Waals surface area contributed by atoms with E-state index in [1.54, 1.807) is 0 Å². The molecule has 1 aliphatic heterocycles. The molecule has 1 rings (SSSR count). The van der Waals surface area contributed by atoms with Crippen LogP contribution >= 0.6 is 0 Å². The van der Waals surface area contributed by atoms with Crippen molar-refractivity contribution in [3.05, 3.63) is 0 Å². The lowest BCUT2D eigenvalue weighted by atomic mass is 10.2. The number of rotatable bonds is 2. The number of hydrogen-bond donors (Lipinski definition) is 0. The Morgan fingerprint density at radius 1 is 0.947 bits per heavy atom. The molecule has 0 bridgehead atoms. The fourth-order valence-electron chi connectivity index (χ4n) is 1.57. The summed E-state index contributed by atoms with van der Waals surface area (Å²) in [5.41, 5.74) is 0. The van der Waals surface area contributed by atoms with Crippen LogP contribution in [-0.2, 0) is 33.3 Å². The first-order valence-corrected chi connectivity index (χ1v) is 6.17. The summed E-state index contributed by atoms with van der Waals surface area (Å²) in [7, 11) is 2.75. The summed E-state index contributed by atoms with van der Waals surface area (Å²) < 4.78 is 25.5. The van der Waals surface area contributed by atoms with Crippen LogP contribution in [0.3, 0.4) is 0 Å². The average molecular weight is 276 g/mol. The minimum absolute atomic E-state index is 0.0883. The van der Waals surface area contributed by atoms with Crippen LogP contribution in [-0.4, -0.2) is 52.0 Å². The second-order valence-corrected chi connectivity index (χ2v) is 4.03. The van der Waals surface area contributed by atoms with Crippen molar-refractivity contribution in [2.45, 2.75) is 31.7 Å². The third-order valence-electron chi connectivity index (χ3n) is 2.71. The summed E-state index contributed by atoms with van der Waals surface area (Å²) in [4.78, 5) is 22.8. The van der Waals surface area contributed by atoms with Crippen LogP contribution in [0.25, 0.3) is 0 Å². The number of carbonyl (C=O) groups is 2. The zero-order chi connectivity index (χ0) is 14.1. The van der Waals surface area contributed by atoms with E-state index in [0.717, 1.165) is 0 Å². The van der Waals surface area contributed by atoms with E-state index in [4.69, 9.17) is 23.7 Å². The highest BCUT2D eigenvalue weighted by atomic mass is 16.9. The number of methoxy groups -OCH3 is 2. The first-order chi connectivity index (χ1) is 9.12. The van der Waals surface area contributed by atoms with Gasteiger partial charge in [-0.05, 0) is 12.8 Å². The molecule has 0 aromatic carbocycles. The van der Waals surface area contributed by atoms with E-state index in [0.29, 0.717) is 12.8 Å². The number of esters is 2. The second-order valence-electron chi connectivity index (χ2n) is 4.03. The van der Waals surface area contributed by atoms with Gasteiger partial charge in [0.2, 0.25) is 0 Å². The Hall–Kier alpha value is -1.18. The molecular formula is C12H20O7. The molecule has 0 unspecified atom stereocenters. The van der Waals surface area contributed by atoms with E-state index in [-0.39, 0.29) is 44.6 Å². The Labute approximate surface area is 112 Å². The smallest absolute Gasteiger partial charge is 0.319 e. The van der Waals surface area contributed by atoms with E-state index in [1.165, 1.54) is 14.2 Å².